The summed E-state index contributed by atoms with van der Waals surface area (Å²) in [4.78, 5) is 0. The minimum Gasteiger partial charge on any atom is -0.316 e. The second kappa shape index (κ2) is 4.69. The fourth-order valence-electron chi connectivity index (χ4n) is 1.30. The third-order valence-electron chi connectivity index (χ3n) is 2.32. The van der Waals surface area contributed by atoms with E-state index < -0.39 is 0 Å². The van der Waals surface area contributed by atoms with Crippen molar-refractivity contribution in [3.05, 3.63) is 0 Å². The van der Waals surface area contributed by atoms with E-state index in [1.165, 1.54) is 0 Å². The van der Waals surface area contributed by atoms with Crippen LogP contribution < -0.4 is 5.48 Å². The molecule has 0 bridgehead atoms. The Bertz CT molecular complexity index is 71.1. The Morgan fingerprint density at radius 1 is 1.20 bits per heavy atom. The summed E-state index contributed by atoms with van der Waals surface area (Å²) in [7, 11) is 0. The molecule has 0 heterocycles. The van der Waals surface area contributed by atoms with Crippen LogP contribution in [0, 0.1) is 0 Å². The van der Waals surface area contributed by atoms with Crippen LogP contribution in [0.3, 0.4) is 0 Å². The molecule has 0 saturated carbocycles. The van der Waals surface area contributed by atoms with Gasteiger partial charge in [-0.25, -0.2) is 0 Å². The average molecular weight is 145 g/mol. The Morgan fingerprint density at radius 3 is 1.80 bits per heavy atom. The van der Waals surface area contributed by atoms with Gasteiger partial charge >= 0.3 is 0 Å². The van der Waals surface area contributed by atoms with Crippen LogP contribution in [0.5, 0.6) is 0 Å². The summed E-state index contributed by atoms with van der Waals surface area (Å²) >= 11 is 0. The van der Waals surface area contributed by atoms with Crippen LogP contribution in [0.15, 0.2) is 0 Å². The molecule has 0 aromatic rings. The van der Waals surface area contributed by atoms with Gasteiger partial charge in [0.15, 0.2) is 0 Å². The molecule has 0 radical (unpaired) electrons. The molecule has 0 aliphatic carbocycles. The van der Waals surface area contributed by atoms with Gasteiger partial charge in [0.2, 0.25) is 0 Å². The highest BCUT2D eigenvalue weighted by Gasteiger charge is 2.23. The fraction of sp³-hybridized carbons (Fsp3) is 1.00. The van der Waals surface area contributed by atoms with Gasteiger partial charge in [0, 0.05) is 5.54 Å². The molecule has 2 nitrogen and oxygen atoms in total. The van der Waals surface area contributed by atoms with Gasteiger partial charge in [-0.15, -0.1) is 0 Å². The second-order valence-electron chi connectivity index (χ2n) is 2.85. The molecule has 0 saturated heterocycles. The predicted octanol–water partition coefficient (Wildman–Crippen LogP) is 2.32. The first-order valence-corrected chi connectivity index (χ1v) is 4.16. The van der Waals surface area contributed by atoms with Crippen LogP contribution in [0.4, 0.5) is 0 Å². The van der Waals surface area contributed by atoms with E-state index in [-0.39, 0.29) is 5.54 Å². The van der Waals surface area contributed by atoms with E-state index in [0.717, 1.165) is 25.7 Å². The molecular formula is C8H19NO. The number of nitrogens with one attached hydrogen (secondary N) is 1. The van der Waals surface area contributed by atoms with E-state index in [1.807, 2.05) is 0 Å². The average Bonchev–Trinajstić information content (AvgIpc) is 2.01. The van der Waals surface area contributed by atoms with Crippen LogP contribution in [0.2, 0.25) is 0 Å². The zero-order chi connectivity index (χ0) is 8.04. The van der Waals surface area contributed by atoms with E-state index in [2.05, 4.69) is 26.3 Å². The molecule has 0 aliphatic rings. The molecule has 0 spiro atoms. The van der Waals surface area contributed by atoms with Crippen molar-refractivity contribution in [3.63, 3.8) is 0 Å². The van der Waals surface area contributed by atoms with Crippen molar-refractivity contribution in [3.8, 4) is 0 Å². The fourth-order valence-corrected chi connectivity index (χ4v) is 1.30. The standard InChI is InChI=1S/C8H19NO/c1-4-7-8(5-2,6-3)9-10/h9-10H,4-7H2,1-3H3. The Morgan fingerprint density at radius 2 is 1.70 bits per heavy atom. The van der Waals surface area contributed by atoms with Crippen molar-refractivity contribution in [2.24, 2.45) is 0 Å². The summed E-state index contributed by atoms with van der Waals surface area (Å²) in [6.45, 7) is 6.34. The molecule has 62 valence electrons. The first kappa shape index (κ1) is 9.92. The lowest BCUT2D eigenvalue weighted by Gasteiger charge is -2.29. The topological polar surface area (TPSA) is 32.3 Å². The van der Waals surface area contributed by atoms with Crippen molar-refractivity contribution in [1.82, 2.24) is 5.48 Å². The SMILES string of the molecule is CCCC(CC)(CC)NO. The molecule has 0 fully saturated rings. The van der Waals surface area contributed by atoms with Crippen LogP contribution in [0.25, 0.3) is 0 Å². The van der Waals surface area contributed by atoms with E-state index >= 15 is 0 Å². The molecule has 0 aliphatic heterocycles. The zero-order valence-electron chi connectivity index (χ0n) is 7.28. The van der Waals surface area contributed by atoms with Gasteiger partial charge in [-0.2, -0.15) is 5.48 Å². The third-order valence-corrected chi connectivity index (χ3v) is 2.32. The van der Waals surface area contributed by atoms with Gasteiger partial charge in [0.1, 0.15) is 0 Å². The number of hydrogen-bond acceptors (Lipinski definition) is 2. The van der Waals surface area contributed by atoms with Crippen molar-refractivity contribution < 1.29 is 5.21 Å². The van der Waals surface area contributed by atoms with E-state index in [0.29, 0.717) is 0 Å². The van der Waals surface area contributed by atoms with Crippen molar-refractivity contribution in [2.45, 2.75) is 52.0 Å². The minimum atomic E-state index is -0.0191. The van der Waals surface area contributed by atoms with Crippen molar-refractivity contribution in [1.29, 1.82) is 0 Å². The summed E-state index contributed by atoms with van der Waals surface area (Å²) in [5.74, 6) is 0. The van der Waals surface area contributed by atoms with Gasteiger partial charge in [-0.3, -0.25) is 0 Å². The summed E-state index contributed by atoms with van der Waals surface area (Å²) in [6, 6.07) is 0. The highest BCUT2D eigenvalue weighted by molar-refractivity contribution is 4.80. The van der Waals surface area contributed by atoms with E-state index in [4.69, 9.17) is 5.21 Å². The number of rotatable bonds is 5. The van der Waals surface area contributed by atoms with Crippen LogP contribution in [-0.4, -0.2) is 10.7 Å². The molecule has 0 aromatic carbocycles. The lowest BCUT2D eigenvalue weighted by Crippen LogP contribution is -2.41. The van der Waals surface area contributed by atoms with Gasteiger partial charge in [-0.05, 0) is 19.3 Å². The summed E-state index contributed by atoms with van der Waals surface area (Å²) in [5, 5.41) is 8.86. The largest absolute Gasteiger partial charge is 0.316 e. The Kier molecular flexibility index (Phi) is 4.65. The number of hydrogen-bond donors (Lipinski definition) is 2. The maximum Gasteiger partial charge on any atom is 0.0424 e. The monoisotopic (exact) mass is 145 g/mol. The molecule has 0 rings (SSSR count). The Labute approximate surface area is 63.6 Å². The summed E-state index contributed by atoms with van der Waals surface area (Å²) in [5.41, 5.74) is 2.40. The normalized spacial score (nSPS) is 12.0. The molecule has 2 N–H and O–H groups in total. The third kappa shape index (κ3) is 2.27. The smallest absolute Gasteiger partial charge is 0.0424 e. The lowest BCUT2D eigenvalue weighted by atomic mass is 9.89. The minimum absolute atomic E-state index is 0.0191. The quantitative estimate of drug-likeness (QED) is 0.582. The lowest BCUT2D eigenvalue weighted by molar-refractivity contribution is 0.0490. The van der Waals surface area contributed by atoms with E-state index in [9.17, 15) is 0 Å². The molecule has 0 amide bonds. The highest BCUT2D eigenvalue weighted by Crippen LogP contribution is 2.20. The molecular weight excluding hydrogens is 126 g/mol. The van der Waals surface area contributed by atoms with Gasteiger partial charge in [-0.1, -0.05) is 27.2 Å². The highest BCUT2D eigenvalue weighted by atomic mass is 16.5. The van der Waals surface area contributed by atoms with Crippen molar-refractivity contribution >= 4 is 0 Å². The molecule has 0 atom stereocenters. The van der Waals surface area contributed by atoms with Gasteiger partial charge in [0.05, 0.1) is 0 Å². The van der Waals surface area contributed by atoms with Crippen LogP contribution in [0.1, 0.15) is 46.5 Å². The Hall–Kier alpha value is -0.0800. The first-order chi connectivity index (χ1) is 4.74. The van der Waals surface area contributed by atoms with Gasteiger partial charge in [0.25, 0.3) is 0 Å². The second-order valence-corrected chi connectivity index (χ2v) is 2.85. The molecule has 10 heavy (non-hydrogen) atoms. The molecule has 0 unspecified atom stereocenters. The summed E-state index contributed by atoms with van der Waals surface area (Å²) in [6.07, 6.45) is 4.16. The maximum absolute atomic E-state index is 8.86. The molecule has 0 aromatic heterocycles. The summed E-state index contributed by atoms with van der Waals surface area (Å²) < 4.78 is 0. The first-order valence-electron chi connectivity index (χ1n) is 4.16. The van der Waals surface area contributed by atoms with E-state index in [1.54, 1.807) is 0 Å². The van der Waals surface area contributed by atoms with Crippen LogP contribution in [-0.2, 0) is 0 Å². The van der Waals surface area contributed by atoms with Crippen LogP contribution >= 0.6 is 0 Å². The Balaban J connectivity index is 3.87. The molecule has 2 heteroatoms. The predicted molar refractivity (Wildman–Crippen MR) is 43.1 cm³/mol. The maximum atomic E-state index is 8.86. The number of hydroxylamine groups is 1. The van der Waals surface area contributed by atoms with Crippen molar-refractivity contribution in [2.75, 3.05) is 0 Å². The zero-order valence-corrected chi connectivity index (χ0v) is 7.28. The van der Waals surface area contributed by atoms with Gasteiger partial charge < -0.3 is 5.21 Å².